The molecule has 0 radical (unpaired) electrons. The maximum Gasteiger partial charge on any atom is 0.142 e. The van der Waals surface area contributed by atoms with E-state index in [1.807, 2.05) is 18.5 Å². The highest BCUT2D eigenvalue weighted by molar-refractivity contribution is 4.94. The molecular weight excluding hydrogens is 260 g/mol. The summed E-state index contributed by atoms with van der Waals surface area (Å²) in [6.07, 6.45) is 6.13. The fourth-order valence-corrected chi connectivity index (χ4v) is 3.23. The molecule has 21 heavy (non-hydrogen) atoms. The first kappa shape index (κ1) is 16.4. The van der Waals surface area contributed by atoms with Crippen molar-refractivity contribution in [3.8, 4) is 0 Å². The minimum atomic E-state index is 0.585. The summed E-state index contributed by atoms with van der Waals surface area (Å²) in [4.78, 5) is 11.4. The molecule has 0 spiro atoms. The van der Waals surface area contributed by atoms with E-state index in [1.165, 1.54) is 12.8 Å². The summed E-state index contributed by atoms with van der Waals surface area (Å²) < 4.78 is 0. The summed E-state index contributed by atoms with van der Waals surface area (Å²) >= 11 is 0. The molecule has 3 unspecified atom stereocenters. The van der Waals surface area contributed by atoms with Crippen LogP contribution in [0.2, 0.25) is 0 Å². The van der Waals surface area contributed by atoms with Crippen LogP contribution < -0.4 is 5.32 Å². The van der Waals surface area contributed by atoms with Gasteiger partial charge in [0.15, 0.2) is 0 Å². The maximum atomic E-state index is 4.41. The molecule has 1 aliphatic rings. The van der Waals surface area contributed by atoms with Gasteiger partial charge >= 0.3 is 0 Å². The molecule has 1 N–H and O–H groups in total. The van der Waals surface area contributed by atoms with Gasteiger partial charge in [0.25, 0.3) is 0 Å². The highest BCUT2D eigenvalue weighted by Crippen LogP contribution is 2.21. The van der Waals surface area contributed by atoms with Gasteiger partial charge in [-0.2, -0.15) is 0 Å². The van der Waals surface area contributed by atoms with E-state index in [1.54, 1.807) is 0 Å². The van der Waals surface area contributed by atoms with Gasteiger partial charge in [0.1, 0.15) is 5.82 Å². The first-order chi connectivity index (χ1) is 10.1. The molecule has 3 atom stereocenters. The third kappa shape index (κ3) is 4.75. The Bertz CT molecular complexity index is 407. The largest absolute Gasteiger partial charge is 0.311 e. The maximum absolute atomic E-state index is 4.41. The molecular formula is C17H30N4. The molecule has 4 heteroatoms. The molecule has 0 aliphatic carbocycles. The zero-order chi connectivity index (χ0) is 15.2. The first-order valence-electron chi connectivity index (χ1n) is 8.33. The van der Waals surface area contributed by atoms with Crippen LogP contribution in [0.25, 0.3) is 0 Å². The van der Waals surface area contributed by atoms with E-state index in [2.05, 4.69) is 47.9 Å². The lowest BCUT2D eigenvalue weighted by molar-refractivity contribution is 0.0763. The molecule has 0 aromatic carbocycles. The van der Waals surface area contributed by atoms with E-state index in [0.29, 0.717) is 18.0 Å². The van der Waals surface area contributed by atoms with Gasteiger partial charge in [-0.1, -0.05) is 34.1 Å². The van der Waals surface area contributed by atoms with Gasteiger partial charge < -0.3 is 5.32 Å². The van der Waals surface area contributed by atoms with Gasteiger partial charge in [-0.3, -0.25) is 4.90 Å². The zero-order valence-electron chi connectivity index (χ0n) is 13.9. The van der Waals surface area contributed by atoms with Crippen LogP contribution in [0.1, 0.15) is 46.4 Å². The zero-order valence-corrected chi connectivity index (χ0v) is 13.9. The van der Waals surface area contributed by atoms with Crippen molar-refractivity contribution in [2.75, 3.05) is 13.1 Å². The monoisotopic (exact) mass is 290 g/mol. The molecule has 1 aliphatic heterocycles. The Balaban J connectivity index is 2.05. The number of nitrogens with one attached hydrogen (secondary N) is 1. The van der Waals surface area contributed by atoms with Gasteiger partial charge in [0, 0.05) is 37.6 Å². The van der Waals surface area contributed by atoms with E-state index < -0.39 is 0 Å². The summed E-state index contributed by atoms with van der Waals surface area (Å²) in [5.41, 5.74) is 0. The van der Waals surface area contributed by atoms with Gasteiger partial charge in [0.05, 0.1) is 6.54 Å². The number of nitrogens with zero attached hydrogens (tertiary/aromatic N) is 3. The highest BCUT2D eigenvalue weighted by Gasteiger charge is 2.31. The van der Waals surface area contributed by atoms with Crippen LogP contribution in [0.3, 0.4) is 0 Å². The topological polar surface area (TPSA) is 41.0 Å². The SMILES string of the molecule is CCC(C)C1CNC(CC(C)C)CN1Cc1ncccn1. The second kappa shape index (κ2) is 7.85. The molecule has 2 rings (SSSR count). The van der Waals surface area contributed by atoms with Crippen LogP contribution in [0, 0.1) is 11.8 Å². The Hall–Kier alpha value is -1.00. The number of piperazine rings is 1. The number of hydrogen-bond donors (Lipinski definition) is 1. The molecule has 1 aromatic rings. The van der Waals surface area contributed by atoms with Crippen molar-refractivity contribution >= 4 is 0 Å². The number of rotatable bonds is 6. The fraction of sp³-hybridized carbons (Fsp3) is 0.765. The molecule has 0 saturated carbocycles. The highest BCUT2D eigenvalue weighted by atomic mass is 15.2. The average molecular weight is 290 g/mol. The Kier molecular flexibility index (Phi) is 6.12. The van der Waals surface area contributed by atoms with Crippen molar-refractivity contribution in [3.05, 3.63) is 24.3 Å². The van der Waals surface area contributed by atoms with Crippen LogP contribution in [0.4, 0.5) is 0 Å². The molecule has 1 aromatic heterocycles. The van der Waals surface area contributed by atoms with E-state index >= 15 is 0 Å². The lowest BCUT2D eigenvalue weighted by atomic mass is 9.92. The summed E-state index contributed by atoms with van der Waals surface area (Å²) in [5.74, 6) is 2.37. The minimum absolute atomic E-state index is 0.585. The molecule has 118 valence electrons. The van der Waals surface area contributed by atoms with Gasteiger partial charge in [-0.15, -0.1) is 0 Å². The molecule has 0 amide bonds. The Morgan fingerprint density at radius 2 is 2.00 bits per heavy atom. The third-order valence-electron chi connectivity index (χ3n) is 4.56. The molecule has 2 heterocycles. The summed E-state index contributed by atoms with van der Waals surface area (Å²) in [6, 6.07) is 3.06. The Labute approximate surface area is 129 Å². The van der Waals surface area contributed by atoms with E-state index in [9.17, 15) is 0 Å². The molecule has 0 bridgehead atoms. The first-order valence-corrected chi connectivity index (χ1v) is 8.33. The van der Waals surface area contributed by atoms with Gasteiger partial charge in [-0.05, 0) is 24.3 Å². The van der Waals surface area contributed by atoms with Crippen molar-refractivity contribution < 1.29 is 0 Å². The Morgan fingerprint density at radius 3 is 2.62 bits per heavy atom. The van der Waals surface area contributed by atoms with Gasteiger partial charge in [-0.25, -0.2) is 9.97 Å². The third-order valence-corrected chi connectivity index (χ3v) is 4.56. The molecule has 1 saturated heterocycles. The van der Waals surface area contributed by atoms with Crippen LogP contribution >= 0.6 is 0 Å². The second-order valence-corrected chi connectivity index (χ2v) is 6.78. The molecule has 4 nitrogen and oxygen atoms in total. The van der Waals surface area contributed by atoms with Crippen molar-refractivity contribution in [1.82, 2.24) is 20.2 Å². The van der Waals surface area contributed by atoms with Crippen LogP contribution in [0.5, 0.6) is 0 Å². The lowest BCUT2D eigenvalue weighted by Crippen LogP contribution is -2.58. The Morgan fingerprint density at radius 1 is 1.29 bits per heavy atom. The summed E-state index contributed by atoms with van der Waals surface area (Å²) in [6.45, 7) is 12.3. The van der Waals surface area contributed by atoms with Crippen molar-refractivity contribution in [2.45, 2.75) is 59.2 Å². The smallest absolute Gasteiger partial charge is 0.142 e. The lowest BCUT2D eigenvalue weighted by Gasteiger charge is -2.43. The van der Waals surface area contributed by atoms with Crippen LogP contribution in [-0.4, -0.2) is 40.0 Å². The van der Waals surface area contributed by atoms with Crippen molar-refractivity contribution in [3.63, 3.8) is 0 Å². The van der Waals surface area contributed by atoms with E-state index in [-0.39, 0.29) is 0 Å². The summed E-state index contributed by atoms with van der Waals surface area (Å²) in [7, 11) is 0. The van der Waals surface area contributed by atoms with Crippen LogP contribution in [-0.2, 0) is 6.54 Å². The second-order valence-electron chi connectivity index (χ2n) is 6.78. The quantitative estimate of drug-likeness (QED) is 0.874. The van der Waals surface area contributed by atoms with Crippen molar-refractivity contribution in [2.24, 2.45) is 11.8 Å². The normalized spacial score (nSPS) is 25.2. The van der Waals surface area contributed by atoms with Crippen molar-refractivity contribution in [1.29, 1.82) is 0 Å². The molecule has 1 fully saturated rings. The fourth-order valence-electron chi connectivity index (χ4n) is 3.23. The minimum Gasteiger partial charge on any atom is -0.311 e. The van der Waals surface area contributed by atoms with E-state index in [4.69, 9.17) is 0 Å². The summed E-state index contributed by atoms with van der Waals surface area (Å²) in [5, 5.41) is 3.75. The predicted molar refractivity (Wildman–Crippen MR) is 86.9 cm³/mol. The standard InChI is InChI=1S/C17H30N4/c1-5-14(4)16-10-20-15(9-13(2)3)11-21(16)12-17-18-7-6-8-19-17/h6-8,13-16,20H,5,9-12H2,1-4H3. The van der Waals surface area contributed by atoms with E-state index in [0.717, 1.165) is 31.4 Å². The number of aromatic nitrogens is 2. The average Bonchev–Trinajstić information content (AvgIpc) is 2.47. The predicted octanol–water partition coefficient (Wildman–Crippen LogP) is 2.71. The number of hydrogen-bond acceptors (Lipinski definition) is 4. The van der Waals surface area contributed by atoms with Crippen LogP contribution in [0.15, 0.2) is 18.5 Å². The van der Waals surface area contributed by atoms with Gasteiger partial charge in [0.2, 0.25) is 0 Å².